The van der Waals surface area contributed by atoms with Crippen molar-refractivity contribution in [3.63, 3.8) is 0 Å². The van der Waals surface area contributed by atoms with Crippen LogP contribution in [0.2, 0.25) is 0 Å². The average molecular weight is 381 g/mol. The van der Waals surface area contributed by atoms with Crippen LogP contribution in [0.3, 0.4) is 0 Å². The molecule has 148 valence electrons. The highest BCUT2D eigenvalue weighted by Crippen LogP contribution is 2.31. The second-order valence-corrected chi connectivity index (χ2v) is 7.29. The number of nitrogens with one attached hydrogen (secondary N) is 1. The third kappa shape index (κ3) is 5.59. The lowest BCUT2D eigenvalue weighted by atomic mass is 9.78. The van der Waals surface area contributed by atoms with Crippen LogP contribution in [0, 0.1) is 11.8 Å². The molecule has 1 aliphatic carbocycles. The number of carboxylic acids is 1. The molecule has 0 aliphatic heterocycles. The van der Waals surface area contributed by atoms with Gasteiger partial charge >= 0.3 is 5.97 Å². The summed E-state index contributed by atoms with van der Waals surface area (Å²) < 4.78 is 5.76. The van der Waals surface area contributed by atoms with Gasteiger partial charge in [-0.15, -0.1) is 0 Å². The van der Waals surface area contributed by atoms with Crippen molar-refractivity contribution in [3.8, 4) is 5.75 Å². The second-order valence-electron chi connectivity index (χ2n) is 7.29. The third-order valence-corrected chi connectivity index (χ3v) is 5.26. The van der Waals surface area contributed by atoms with E-state index in [1.807, 2.05) is 30.3 Å². The van der Waals surface area contributed by atoms with E-state index in [0.717, 1.165) is 31.4 Å². The van der Waals surface area contributed by atoms with Gasteiger partial charge in [0, 0.05) is 5.69 Å². The van der Waals surface area contributed by atoms with Crippen molar-refractivity contribution in [2.75, 3.05) is 11.9 Å². The molecule has 0 heterocycles. The molecule has 1 saturated carbocycles. The number of rotatable bonds is 8. The fraction of sp³-hybridized carbons (Fsp3) is 0.391. The lowest BCUT2D eigenvalue weighted by Crippen LogP contribution is -2.36. The Hall–Kier alpha value is -2.82. The van der Waals surface area contributed by atoms with Gasteiger partial charge in [0.15, 0.2) is 0 Å². The van der Waals surface area contributed by atoms with E-state index in [1.54, 1.807) is 12.1 Å². The number of hydrogen-bond donors (Lipinski definition) is 2. The van der Waals surface area contributed by atoms with Gasteiger partial charge in [0.05, 0.1) is 18.4 Å². The molecule has 2 aromatic rings. The minimum Gasteiger partial charge on any atom is -0.494 e. The van der Waals surface area contributed by atoms with Crippen LogP contribution in [0.4, 0.5) is 5.69 Å². The molecule has 1 fully saturated rings. The van der Waals surface area contributed by atoms with E-state index in [0.29, 0.717) is 25.1 Å². The molecule has 2 atom stereocenters. The zero-order chi connectivity index (χ0) is 19.8. The topological polar surface area (TPSA) is 75.6 Å². The maximum Gasteiger partial charge on any atom is 0.307 e. The Labute approximate surface area is 165 Å². The van der Waals surface area contributed by atoms with Crippen LogP contribution in [-0.2, 0) is 16.0 Å². The molecule has 0 saturated heterocycles. The number of aliphatic carboxylic acids is 1. The van der Waals surface area contributed by atoms with Crippen LogP contribution in [-0.4, -0.2) is 23.6 Å². The molecule has 2 N–H and O–H groups in total. The summed E-state index contributed by atoms with van der Waals surface area (Å²) in [5.74, 6) is -1.36. The van der Waals surface area contributed by atoms with E-state index in [2.05, 4.69) is 17.4 Å². The first-order valence-corrected chi connectivity index (χ1v) is 9.94. The van der Waals surface area contributed by atoms with E-state index in [4.69, 9.17) is 4.74 Å². The Morgan fingerprint density at radius 1 is 0.964 bits per heavy atom. The van der Waals surface area contributed by atoms with Crippen LogP contribution in [0.5, 0.6) is 5.75 Å². The van der Waals surface area contributed by atoms with Crippen molar-refractivity contribution >= 4 is 17.6 Å². The molecule has 5 heteroatoms. The number of carboxylic acid groups (broad SMARTS) is 1. The molecule has 1 amide bonds. The van der Waals surface area contributed by atoms with Gasteiger partial charge in [-0.1, -0.05) is 43.2 Å². The molecular formula is C23H27NO4. The fourth-order valence-electron chi connectivity index (χ4n) is 3.72. The zero-order valence-corrected chi connectivity index (χ0v) is 16.0. The van der Waals surface area contributed by atoms with Crippen LogP contribution in [0.25, 0.3) is 0 Å². The molecule has 3 rings (SSSR count). The highest BCUT2D eigenvalue weighted by Gasteiger charge is 2.35. The van der Waals surface area contributed by atoms with E-state index < -0.39 is 17.8 Å². The Kier molecular flexibility index (Phi) is 7.06. The minimum atomic E-state index is -0.876. The quantitative estimate of drug-likeness (QED) is 0.659. The van der Waals surface area contributed by atoms with Crippen LogP contribution in [0.15, 0.2) is 54.6 Å². The Balaban J connectivity index is 1.46. The van der Waals surface area contributed by atoms with E-state index in [-0.39, 0.29) is 5.91 Å². The summed E-state index contributed by atoms with van der Waals surface area (Å²) in [6, 6.07) is 17.5. The van der Waals surface area contributed by atoms with Crippen LogP contribution in [0.1, 0.15) is 37.7 Å². The van der Waals surface area contributed by atoms with Crippen LogP contribution >= 0.6 is 0 Å². The highest BCUT2D eigenvalue weighted by molar-refractivity contribution is 5.95. The van der Waals surface area contributed by atoms with Crippen molar-refractivity contribution in [1.29, 1.82) is 0 Å². The molecule has 0 aromatic heterocycles. The molecule has 2 unspecified atom stereocenters. The fourth-order valence-corrected chi connectivity index (χ4v) is 3.72. The van der Waals surface area contributed by atoms with Crippen molar-refractivity contribution < 1.29 is 19.4 Å². The molecule has 2 aromatic carbocycles. The lowest BCUT2D eigenvalue weighted by molar-refractivity contribution is -0.147. The summed E-state index contributed by atoms with van der Waals surface area (Å²) in [7, 11) is 0. The molecule has 28 heavy (non-hydrogen) atoms. The Morgan fingerprint density at radius 2 is 1.64 bits per heavy atom. The van der Waals surface area contributed by atoms with E-state index in [9.17, 15) is 14.7 Å². The minimum absolute atomic E-state index is 0.205. The Bertz CT molecular complexity index is 773. The van der Waals surface area contributed by atoms with E-state index in [1.165, 1.54) is 5.56 Å². The molecule has 0 radical (unpaired) electrons. The van der Waals surface area contributed by atoms with Crippen molar-refractivity contribution in [1.82, 2.24) is 0 Å². The maximum absolute atomic E-state index is 12.5. The SMILES string of the molecule is O=C(O)C1CCCCC1C(=O)Nc1ccc(OCCCc2ccccc2)cc1. The van der Waals surface area contributed by atoms with Crippen molar-refractivity contribution in [2.45, 2.75) is 38.5 Å². The number of carbonyl (C=O) groups excluding carboxylic acids is 1. The molecule has 1 aliphatic rings. The number of ether oxygens (including phenoxy) is 1. The van der Waals surface area contributed by atoms with Crippen molar-refractivity contribution in [3.05, 3.63) is 60.2 Å². The van der Waals surface area contributed by atoms with Gasteiger partial charge < -0.3 is 15.2 Å². The highest BCUT2D eigenvalue weighted by atomic mass is 16.5. The number of hydrogen-bond acceptors (Lipinski definition) is 3. The predicted octanol–water partition coefficient (Wildman–Crippen LogP) is 4.53. The summed E-state index contributed by atoms with van der Waals surface area (Å²) >= 11 is 0. The summed E-state index contributed by atoms with van der Waals surface area (Å²) in [4.78, 5) is 23.9. The smallest absolute Gasteiger partial charge is 0.307 e. The van der Waals surface area contributed by atoms with Gasteiger partial charge in [-0.25, -0.2) is 0 Å². The first-order chi connectivity index (χ1) is 13.6. The number of aryl methyl sites for hydroxylation is 1. The molecule has 0 bridgehead atoms. The number of carbonyl (C=O) groups is 2. The second kappa shape index (κ2) is 9.93. The number of benzene rings is 2. The van der Waals surface area contributed by atoms with E-state index >= 15 is 0 Å². The first-order valence-electron chi connectivity index (χ1n) is 9.94. The summed E-state index contributed by atoms with van der Waals surface area (Å²) in [5, 5.41) is 12.2. The first kappa shape index (κ1) is 19.9. The van der Waals surface area contributed by atoms with Crippen molar-refractivity contribution in [2.24, 2.45) is 11.8 Å². The van der Waals surface area contributed by atoms with Gasteiger partial charge in [0.1, 0.15) is 5.75 Å². The number of anilines is 1. The lowest BCUT2D eigenvalue weighted by Gasteiger charge is -2.27. The van der Waals surface area contributed by atoms with Gasteiger partial charge in [-0.3, -0.25) is 9.59 Å². The molecular weight excluding hydrogens is 354 g/mol. The van der Waals surface area contributed by atoms with Gasteiger partial charge in [0.25, 0.3) is 0 Å². The summed E-state index contributed by atoms with van der Waals surface area (Å²) in [6.07, 6.45) is 4.88. The van der Waals surface area contributed by atoms with Crippen LogP contribution < -0.4 is 10.1 Å². The third-order valence-electron chi connectivity index (χ3n) is 5.26. The molecule has 0 spiro atoms. The Morgan fingerprint density at radius 3 is 2.32 bits per heavy atom. The summed E-state index contributed by atoms with van der Waals surface area (Å²) in [5.41, 5.74) is 1.96. The summed E-state index contributed by atoms with van der Waals surface area (Å²) in [6.45, 7) is 0.628. The van der Waals surface area contributed by atoms with Gasteiger partial charge in [-0.05, 0) is 55.5 Å². The van der Waals surface area contributed by atoms with Gasteiger partial charge in [-0.2, -0.15) is 0 Å². The molecule has 5 nitrogen and oxygen atoms in total. The average Bonchev–Trinajstić information content (AvgIpc) is 2.73. The van der Waals surface area contributed by atoms with Gasteiger partial charge in [0.2, 0.25) is 5.91 Å². The largest absolute Gasteiger partial charge is 0.494 e. The maximum atomic E-state index is 12.5. The normalized spacial score (nSPS) is 19.0. The standard InChI is InChI=1S/C23H27NO4/c25-22(20-10-4-5-11-21(20)23(26)27)24-18-12-14-19(15-13-18)28-16-6-9-17-7-2-1-3-8-17/h1-3,7-8,12-15,20-21H,4-6,9-11,16H2,(H,24,25)(H,26,27). The zero-order valence-electron chi connectivity index (χ0n) is 16.0. The number of amides is 1. The predicted molar refractivity (Wildman–Crippen MR) is 108 cm³/mol. The monoisotopic (exact) mass is 381 g/mol.